The van der Waals surface area contributed by atoms with Gasteiger partial charge in [-0.3, -0.25) is 0 Å². The highest BCUT2D eigenvalue weighted by Crippen LogP contribution is 2.28. The number of para-hydroxylation sites is 2. The summed E-state index contributed by atoms with van der Waals surface area (Å²) in [6.07, 6.45) is 0.955. The van der Waals surface area contributed by atoms with Crippen LogP contribution in [0.5, 0.6) is 11.5 Å². The average Bonchev–Trinajstić information content (AvgIpc) is 3.13. The van der Waals surface area contributed by atoms with Crippen LogP contribution in [0, 0.1) is 6.92 Å². The van der Waals surface area contributed by atoms with E-state index in [2.05, 4.69) is 39.2 Å². The molecule has 0 bridgehead atoms. The van der Waals surface area contributed by atoms with Crippen LogP contribution in [0.15, 0.2) is 47.5 Å². The number of imidazole rings is 1. The summed E-state index contributed by atoms with van der Waals surface area (Å²) < 4.78 is 13.1. The summed E-state index contributed by atoms with van der Waals surface area (Å²) in [4.78, 5) is 9.32. The van der Waals surface area contributed by atoms with E-state index in [4.69, 9.17) is 19.6 Å². The maximum atomic E-state index is 8.94. The van der Waals surface area contributed by atoms with Crippen molar-refractivity contribution in [3.63, 3.8) is 0 Å². The quantitative estimate of drug-likeness (QED) is 0.242. The molecule has 0 aliphatic heterocycles. The third-order valence-corrected chi connectivity index (χ3v) is 5.04. The lowest BCUT2D eigenvalue weighted by Gasteiger charge is -2.13. The molecule has 0 aliphatic rings. The van der Waals surface area contributed by atoms with Gasteiger partial charge in [0, 0.05) is 19.6 Å². The molecular formula is C24H33N5O3. The van der Waals surface area contributed by atoms with E-state index < -0.39 is 0 Å². The molecule has 32 heavy (non-hydrogen) atoms. The predicted molar refractivity (Wildman–Crippen MR) is 127 cm³/mol. The number of fused-ring (bicyclic) bond motifs is 1. The van der Waals surface area contributed by atoms with Crippen LogP contribution in [0.3, 0.4) is 0 Å². The number of aromatic nitrogens is 2. The van der Waals surface area contributed by atoms with E-state index in [0.717, 1.165) is 48.9 Å². The van der Waals surface area contributed by atoms with Gasteiger partial charge in [0.2, 0.25) is 0 Å². The van der Waals surface area contributed by atoms with Crippen LogP contribution in [-0.4, -0.2) is 54.0 Å². The van der Waals surface area contributed by atoms with Crippen LogP contribution in [0.4, 0.5) is 0 Å². The summed E-state index contributed by atoms with van der Waals surface area (Å²) >= 11 is 0. The Morgan fingerprint density at radius 2 is 2.00 bits per heavy atom. The minimum atomic E-state index is -0.0381. The second-order valence-corrected chi connectivity index (χ2v) is 7.33. The lowest BCUT2D eigenvalue weighted by molar-refractivity contribution is 0.196. The molecule has 1 aromatic heterocycles. The maximum Gasteiger partial charge on any atom is 0.191 e. The van der Waals surface area contributed by atoms with Gasteiger partial charge in [-0.05, 0) is 50.1 Å². The third kappa shape index (κ3) is 6.13. The van der Waals surface area contributed by atoms with Gasteiger partial charge in [0.15, 0.2) is 17.5 Å². The lowest BCUT2D eigenvalue weighted by atomic mass is 10.2. The van der Waals surface area contributed by atoms with Crippen LogP contribution in [-0.2, 0) is 13.1 Å². The first-order chi connectivity index (χ1) is 15.7. The van der Waals surface area contributed by atoms with Gasteiger partial charge in [0.05, 0.1) is 31.3 Å². The predicted octanol–water partition coefficient (Wildman–Crippen LogP) is 2.87. The summed E-state index contributed by atoms with van der Waals surface area (Å²) in [6.45, 7) is 7.29. The van der Waals surface area contributed by atoms with Gasteiger partial charge in [-0.1, -0.05) is 18.2 Å². The second kappa shape index (κ2) is 12.0. The lowest BCUT2D eigenvalue weighted by Crippen LogP contribution is -2.38. The minimum Gasteiger partial charge on any atom is -0.493 e. The molecule has 0 fully saturated rings. The monoisotopic (exact) mass is 439 g/mol. The molecule has 3 rings (SSSR count). The van der Waals surface area contributed by atoms with Crippen molar-refractivity contribution in [1.82, 2.24) is 20.2 Å². The molecule has 0 amide bonds. The van der Waals surface area contributed by atoms with E-state index in [1.165, 1.54) is 5.52 Å². The first kappa shape index (κ1) is 23.4. The highest BCUT2D eigenvalue weighted by molar-refractivity contribution is 5.79. The Hall–Kier alpha value is -3.26. The number of guanidine groups is 1. The molecule has 1 heterocycles. The molecular weight excluding hydrogens is 406 g/mol. The van der Waals surface area contributed by atoms with Crippen LogP contribution in [0.25, 0.3) is 11.0 Å². The normalized spacial score (nSPS) is 11.6. The number of nitrogens with zero attached hydrogens (tertiary/aromatic N) is 3. The van der Waals surface area contributed by atoms with Crippen molar-refractivity contribution in [1.29, 1.82) is 0 Å². The van der Waals surface area contributed by atoms with Gasteiger partial charge in [0.1, 0.15) is 12.4 Å². The smallest absolute Gasteiger partial charge is 0.191 e. The van der Waals surface area contributed by atoms with E-state index in [0.29, 0.717) is 18.0 Å². The average molecular weight is 440 g/mol. The molecule has 0 spiro atoms. The number of rotatable bonds is 11. The Kier molecular flexibility index (Phi) is 8.74. The Balaban J connectivity index is 1.56. The summed E-state index contributed by atoms with van der Waals surface area (Å²) in [5, 5.41) is 15.6. The fraction of sp³-hybridized carbons (Fsp3) is 0.417. The van der Waals surface area contributed by atoms with Crippen LogP contribution in [0.1, 0.15) is 24.7 Å². The van der Waals surface area contributed by atoms with Crippen molar-refractivity contribution in [2.75, 3.05) is 33.4 Å². The Morgan fingerprint density at radius 3 is 2.78 bits per heavy atom. The number of nitrogens with one attached hydrogen (secondary N) is 2. The van der Waals surface area contributed by atoms with Crippen molar-refractivity contribution >= 4 is 17.0 Å². The molecule has 8 heteroatoms. The van der Waals surface area contributed by atoms with Crippen molar-refractivity contribution in [2.24, 2.45) is 4.99 Å². The third-order valence-electron chi connectivity index (χ3n) is 5.04. The maximum absolute atomic E-state index is 8.94. The van der Waals surface area contributed by atoms with Gasteiger partial charge < -0.3 is 29.8 Å². The number of benzene rings is 2. The molecule has 0 aliphatic carbocycles. The van der Waals surface area contributed by atoms with E-state index in [1.54, 1.807) is 7.11 Å². The highest BCUT2D eigenvalue weighted by Gasteiger charge is 2.08. The van der Waals surface area contributed by atoms with Crippen LogP contribution in [0.2, 0.25) is 0 Å². The largest absolute Gasteiger partial charge is 0.493 e. The molecule has 0 unspecified atom stereocenters. The number of methoxy groups -OCH3 is 1. The van der Waals surface area contributed by atoms with Gasteiger partial charge in [-0.25, -0.2) is 9.98 Å². The molecule has 8 nitrogen and oxygen atoms in total. The number of aliphatic imine (C=N–C) groups is 1. The van der Waals surface area contributed by atoms with E-state index in [9.17, 15) is 0 Å². The number of aryl methyl sites for hydroxylation is 2. The zero-order valence-electron chi connectivity index (χ0n) is 19.1. The molecule has 3 aromatic rings. The topological polar surface area (TPSA) is 92.9 Å². The molecule has 0 saturated carbocycles. The van der Waals surface area contributed by atoms with Crippen molar-refractivity contribution in [2.45, 2.75) is 33.4 Å². The summed E-state index contributed by atoms with van der Waals surface area (Å²) in [5.41, 5.74) is 3.22. The zero-order valence-corrected chi connectivity index (χ0v) is 19.1. The molecule has 0 radical (unpaired) electrons. The number of ether oxygens (including phenoxy) is 2. The first-order valence-corrected chi connectivity index (χ1v) is 11.0. The van der Waals surface area contributed by atoms with Gasteiger partial charge in [0.25, 0.3) is 0 Å². The summed E-state index contributed by atoms with van der Waals surface area (Å²) in [5.74, 6) is 3.06. The SMILES string of the molecule is CCNC(=NCc1ccc(OCCO)c(OC)c1)NCCCn1c(C)nc2ccccc21. The van der Waals surface area contributed by atoms with Crippen molar-refractivity contribution in [3.05, 3.63) is 53.9 Å². The first-order valence-electron chi connectivity index (χ1n) is 11.0. The van der Waals surface area contributed by atoms with E-state index in [1.807, 2.05) is 37.3 Å². The van der Waals surface area contributed by atoms with Gasteiger partial charge in [-0.15, -0.1) is 0 Å². The van der Waals surface area contributed by atoms with Gasteiger partial charge >= 0.3 is 0 Å². The molecule has 0 saturated heterocycles. The fourth-order valence-electron chi connectivity index (χ4n) is 3.52. The Bertz CT molecular complexity index is 1030. The number of hydrogen-bond acceptors (Lipinski definition) is 5. The molecule has 172 valence electrons. The zero-order chi connectivity index (χ0) is 22.8. The molecule has 2 aromatic carbocycles. The summed E-state index contributed by atoms with van der Waals surface area (Å²) in [6, 6.07) is 13.9. The van der Waals surface area contributed by atoms with E-state index >= 15 is 0 Å². The van der Waals surface area contributed by atoms with Gasteiger partial charge in [-0.2, -0.15) is 0 Å². The number of aliphatic hydroxyl groups is 1. The van der Waals surface area contributed by atoms with Crippen molar-refractivity contribution in [3.8, 4) is 11.5 Å². The van der Waals surface area contributed by atoms with Crippen LogP contribution < -0.4 is 20.1 Å². The standard InChI is InChI=1S/C24H33N5O3/c1-4-25-24(27-17-19-10-11-22(32-15-14-30)23(16-19)31-3)26-12-7-13-29-18(2)28-20-8-5-6-9-21(20)29/h5-6,8-11,16,30H,4,7,12-15,17H2,1-3H3,(H2,25,26,27). The molecule has 3 N–H and O–H groups in total. The molecule has 0 atom stereocenters. The second-order valence-electron chi connectivity index (χ2n) is 7.33. The highest BCUT2D eigenvalue weighted by atomic mass is 16.5. The number of aliphatic hydroxyl groups excluding tert-OH is 1. The fourth-order valence-corrected chi connectivity index (χ4v) is 3.52. The van der Waals surface area contributed by atoms with Crippen LogP contribution >= 0.6 is 0 Å². The minimum absolute atomic E-state index is 0.0381. The van der Waals surface area contributed by atoms with Crippen molar-refractivity contribution < 1.29 is 14.6 Å². The van der Waals surface area contributed by atoms with E-state index in [-0.39, 0.29) is 13.2 Å². The summed E-state index contributed by atoms with van der Waals surface area (Å²) in [7, 11) is 1.60. The Morgan fingerprint density at radius 1 is 1.16 bits per heavy atom. The number of hydrogen-bond donors (Lipinski definition) is 3. The Labute approximate surface area is 189 Å².